The van der Waals surface area contributed by atoms with E-state index in [9.17, 15) is 9.59 Å². The average Bonchev–Trinajstić information content (AvgIpc) is 3.10. The molecule has 0 fully saturated rings. The predicted molar refractivity (Wildman–Crippen MR) is 106 cm³/mol. The van der Waals surface area contributed by atoms with Crippen LogP contribution in [0, 0.1) is 5.92 Å². The lowest BCUT2D eigenvalue weighted by atomic mass is 10.0. The molecular formula is C21H25N3O3. The number of nitrogens with one attached hydrogen (secondary N) is 2. The van der Waals surface area contributed by atoms with Gasteiger partial charge < -0.3 is 20.3 Å². The van der Waals surface area contributed by atoms with E-state index in [1.807, 2.05) is 50.2 Å². The number of fused-ring (bicyclic) bond motifs is 1. The van der Waals surface area contributed by atoms with Gasteiger partial charge in [-0.2, -0.15) is 0 Å². The molecule has 0 saturated heterocycles. The van der Waals surface area contributed by atoms with Crippen LogP contribution in [0.3, 0.4) is 0 Å². The van der Waals surface area contributed by atoms with Crippen LogP contribution < -0.4 is 20.3 Å². The van der Waals surface area contributed by atoms with Crippen molar-refractivity contribution in [2.45, 2.75) is 26.3 Å². The van der Waals surface area contributed by atoms with Crippen molar-refractivity contribution >= 4 is 23.3 Å². The van der Waals surface area contributed by atoms with E-state index in [4.69, 9.17) is 4.74 Å². The van der Waals surface area contributed by atoms with Crippen molar-refractivity contribution in [1.82, 2.24) is 5.32 Å². The molecule has 3 amide bonds. The van der Waals surface area contributed by atoms with Crippen molar-refractivity contribution in [3.05, 3.63) is 54.1 Å². The van der Waals surface area contributed by atoms with Gasteiger partial charge in [-0.1, -0.05) is 44.2 Å². The van der Waals surface area contributed by atoms with Gasteiger partial charge in [-0.05, 0) is 36.1 Å². The van der Waals surface area contributed by atoms with Crippen LogP contribution in [-0.4, -0.2) is 31.6 Å². The first-order valence-corrected chi connectivity index (χ1v) is 9.11. The van der Waals surface area contributed by atoms with Crippen molar-refractivity contribution in [3.8, 4) is 5.75 Å². The number of para-hydroxylation sites is 3. The molecule has 0 radical (unpaired) electrons. The standard InChI is InChI=1S/C21H25N3O3/c1-14(2)19(20(25)24-13-12-15-8-4-6-10-17(15)24)23-21(26)22-16-9-5-7-11-18(16)27-3/h4-11,14,19H,12-13H2,1-3H3,(H2,22,23,26)/t19-/m1/s1. The summed E-state index contributed by atoms with van der Waals surface area (Å²) in [5, 5.41) is 5.59. The number of urea groups is 1. The largest absolute Gasteiger partial charge is 0.495 e. The smallest absolute Gasteiger partial charge is 0.320 e. The summed E-state index contributed by atoms with van der Waals surface area (Å²) in [7, 11) is 1.55. The Morgan fingerprint density at radius 3 is 2.52 bits per heavy atom. The van der Waals surface area contributed by atoms with Gasteiger partial charge in [-0.25, -0.2) is 4.79 Å². The van der Waals surface area contributed by atoms with Crippen LogP contribution in [-0.2, 0) is 11.2 Å². The summed E-state index contributed by atoms with van der Waals surface area (Å²) in [4.78, 5) is 27.4. The quantitative estimate of drug-likeness (QED) is 0.851. The summed E-state index contributed by atoms with van der Waals surface area (Å²) in [6, 6.07) is 14.0. The zero-order chi connectivity index (χ0) is 19.4. The molecule has 142 valence electrons. The van der Waals surface area contributed by atoms with Crippen LogP contribution in [0.25, 0.3) is 0 Å². The molecule has 1 atom stereocenters. The molecule has 0 spiro atoms. The van der Waals surface area contributed by atoms with E-state index in [0.29, 0.717) is 18.0 Å². The summed E-state index contributed by atoms with van der Waals surface area (Å²) >= 11 is 0. The number of hydrogen-bond acceptors (Lipinski definition) is 3. The van der Waals surface area contributed by atoms with E-state index in [-0.39, 0.29) is 11.8 Å². The van der Waals surface area contributed by atoms with Crippen molar-refractivity contribution in [1.29, 1.82) is 0 Å². The molecule has 6 nitrogen and oxygen atoms in total. The first kappa shape index (κ1) is 18.8. The van der Waals surface area contributed by atoms with Gasteiger partial charge in [0.2, 0.25) is 5.91 Å². The first-order chi connectivity index (χ1) is 13.0. The zero-order valence-electron chi connectivity index (χ0n) is 15.9. The summed E-state index contributed by atoms with van der Waals surface area (Å²) in [6.07, 6.45) is 0.833. The molecule has 2 aromatic rings. The topological polar surface area (TPSA) is 70.7 Å². The van der Waals surface area contributed by atoms with Crippen LogP contribution in [0.15, 0.2) is 48.5 Å². The molecule has 0 unspecified atom stereocenters. The molecule has 27 heavy (non-hydrogen) atoms. The fraction of sp³-hybridized carbons (Fsp3) is 0.333. The lowest BCUT2D eigenvalue weighted by Gasteiger charge is -2.27. The maximum atomic E-state index is 13.1. The van der Waals surface area contributed by atoms with Gasteiger partial charge in [-0.3, -0.25) is 4.79 Å². The fourth-order valence-corrected chi connectivity index (χ4v) is 3.30. The predicted octanol–water partition coefficient (Wildman–Crippen LogP) is 3.43. The van der Waals surface area contributed by atoms with Gasteiger partial charge in [0, 0.05) is 12.2 Å². The third-order valence-electron chi connectivity index (χ3n) is 4.73. The Balaban J connectivity index is 1.72. The molecular weight excluding hydrogens is 342 g/mol. The number of nitrogens with zero attached hydrogens (tertiary/aromatic N) is 1. The van der Waals surface area contributed by atoms with Crippen molar-refractivity contribution in [3.63, 3.8) is 0 Å². The summed E-state index contributed by atoms with van der Waals surface area (Å²) in [5.74, 6) is 0.423. The van der Waals surface area contributed by atoms with Gasteiger partial charge in [0.05, 0.1) is 12.8 Å². The van der Waals surface area contributed by atoms with Crippen LogP contribution in [0.5, 0.6) is 5.75 Å². The van der Waals surface area contributed by atoms with E-state index >= 15 is 0 Å². The molecule has 3 rings (SSSR count). The van der Waals surface area contributed by atoms with Crippen molar-refractivity contribution < 1.29 is 14.3 Å². The molecule has 0 aromatic heterocycles. The summed E-state index contributed by atoms with van der Waals surface area (Å²) < 4.78 is 5.25. The summed E-state index contributed by atoms with van der Waals surface area (Å²) in [6.45, 7) is 4.49. The Hall–Kier alpha value is -3.02. The minimum Gasteiger partial charge on any atom is -0.495 e. The number of methoxy groups -OCH3 is 1. The number of anilines is 2. The first-order valence-electron chi connectivity index (χ1n) is 9.11. The van der Waals surface area contributed by atoms with Crippen LogP contribution in [0.4, 0.5) is 16.2 Å². The second kappa shape index (κ2) is 8.12. The molecule has 6 heteroatoms. The highest BCUT2D eigenvalue weighted by Crippen LogP contribution is 2.29. The molecule has 0 saturated carbocycles. The van der Waals surface area contributed by atoms with Crippen LogP contribution >= 0.6 is 0 Å². The molecule has 1 aliphatic rings. The van der Waals surface area contributed by atoms with E-state index in [1.54, 1.807) is 24.1 Å². The van der Waals surface area contributed by atoms with Gasteiger partial charge >= 0.3 is 6.03 Å². The Morgan fingerprint density at radius 1 is 1.07 bits per heavy atom. The number of ether oxygens (including phenoxy) is 1. The lowest BCUT2D eigenvalue weighted by molar-refractivity contribution is -0.121. The zero-order valence-corrected chi connectivity index (χ0v) is 15.9. The Bertz CT molecular complexity index is 835. The highest BCUT2D eigenvalue weighted by Gasteiger charge is 2.32. The number of benzene rings is 2. The van der Waals surface area contributed by atoms with E-state index < -0.39 is 12.1 Å². The Kier molecular flexibility index (Phi) is 5.64. The lowest BCUT2D eigenvalue weighted by Crippen LogP contribution is -2.52. The highest BCUT2D eigenvalue weighted by atomic mass is 16.5. The number of carbonyl (C=O) groups is 2. The molecule has 2 N–H and O–H groups in total. The van der Waals surface area contributed by atoms with Crippen LogP contribution in [0.1, 0.15) is 19.4 Å². The van der Waals surface area contributed by atoms with E-state index in [1.165, 1.54) is 0 Å². The number of carbonyl (C=O) groups excluding carboxylic acids is 2. The molecule has 0 aliphatic carbocycles. The minimum absolute atomic E-state index is 0.0475. The Morgan fingerprint density at radius 2 is 1.78 bits per heavy atom. The molecule has 1 heterocycles. The number of amides is 3. The van der Waals surface area contributed by atoms with Crippen molar-refractivity contribution in [2.24, 2.45) is 5.92 Å². The maximum absolute atomic E-state index is 13.1. The number of hydrogen-bond donors (Lipinski definition) is 2. The SMILES string of the molecule is COc1ccccc1NC(=O)N[C@@H](C(=O)N1CCc2ccccc21)C(C)C. The normalized spacial score (nSPS) is 13.9. The third kappa shape index (κ3) is 4.05. The van der Waals surface area contributed by atoms with Gasteiger partial charge in [0.15, 0.2) is 0 Å². The molecule has 2 aromatic carbocycles. The van der Waals surface area contributed by atoms with E-state index in [2.05, 4.69) is 10.6 Å². The van der Waals surface area contributed by atoms with Gasteiger partial charge in [-0.15, -0.1) is 0 Å². The van der Waals surface area contributed by atoms with Crippen molar-refractivity contribution in [2.75, 3.05) is 23.9 Å². The average molecular weight is 367 g/mol. The minimum atomic E-state index is -0.620. The van der Waals surface area contributed by atoms with Gasteiger partial charge in [0.1, 0.15) is 11.8 Å². The Labute approximate surface area is 159 Å². The second-order valence-corrected chi connectivity index (χ2v) is 6.89. The summed E-state index contributed by atoms with van der Waals surface area (Å²) in [5.41, 5.74) is 2.64. The monoisotopic (exact) mass is 367 g/mol. The molecule has 0 bridgehead atoms. The second-order valence-electron chi connectivity index (χ2n) is 6.89. The highest BCUT2D eigenvalue weighted by molar-refractivity contribution is 6.02. The molecule has 1 aliphatic heterocycles. The maximum Gasteiger partial charge on any atom is 0.320 e. The fourth-order valence-electron chi connectivity index (χ4n) is 3.30. The van der Waals surface area contributed by atoms with Gasteiger partial charge in [0.25, 0.3) is 0 Å². The third-order valence-corrected chi connectivity index (χ3v) is 4.73. The van der Waals surface area contributed by atoms with Crippen LogP contribution in [0.2, 0.25) is 0 Å². The van der Waals surface area contributed by atoms with E-state index in [0.717, 1.165) is 17.7 Å². The number of rotatable bonds is 5.